The molecule has 0 atom stereocenters. The van der Waals surface area contributed by atoms with Crippen LogP contribution < -0.4 is 11.0 Å². The second-order valence-corrected chi connectivity index (χ2v) is 6.60. The van der Waals surface area contributed by atoms with E-state index in [0.717, 1.165) is 17.3 Å². The molecule has 0 aliphatic heterocycles. The zero-order chi connectivity index (χ0) is 20.4. The van der Waals surface area contributed by atoms with Gasteiger partial charge in [-0.2, -0.15) is 4.98 Å². The third kappa shape index (κ3) is 6.80. The molecule has 28 heavy (non-hydrogen) atoms. The summed E-state index contributed by atoms with van der Waals surface area (Å²) in [5.74, 6) is -0.398. The zero-order valence-corrected chi connectivity index (χ0v) is 17.1. The quantitative estimate of drug-likeness (QED) is 0.464. The van der Waals surface area contributed by atoms with Crippen molar-refractivity contribution >= 4 is 33.8 Å². The van der Waals surface area contributed by atoms with Gasteiger partial charge in [0.15, 0.2) is 0 Å². The molecule has 1 amide bonds. The minimum atomic E-state index is -0.709. The molecule has 2 rings (SSSR count). The molecular weight excluding hydrogens is 430 g/mol. The van der Waals surface area contributed by atoms with Gasteiger partial charge in [-0.15, -0.1) is 0 Å². The molecule has 0 fully saturated rings. The number of amides is 1. The molecule has 0 unspecified atom stereocenters. The van der Waals surface area contributed by atoms with Crippen LogP contribution in [0.25, 0.3) is 0 Å². The number of anilines is 1. The number of hydrogen-bond acceptors (Lipinski definition) is 6. The Hall–Kier alpha value is -2.68. The molecular formula is C19H22BrN3O5. The highest BCUT2D eigenvalue weighted by atomic mass is 79.9. The lowest BCUT2D eigenvalue weighted by atomic mass is 10.2. The fraction of sp³-hybridized carbons (Fsp3) is 0.368. The van der Waals surface area contributed by atoms with Gasteiger partial charge >= 0.3 is 17.8 Å². The van der Waals surface area contributed by atoms with E-state index in [2.05, 4.69) is 26.2 Å². The fourth-order valence-corrected chi connectivity index (χ4v) is 2.68. The highest BCUT2D eigenvalue weighted by Crippen LogP contribution is 2.14. The first-order chi connectivity index (χ1) is 13.5. The van der Waals surface area contributed by atoms with Gasteiger partial charge in [0.05, 0.1) is 6.61 Å². The summed E-state index contributed by atoms with van der Waals surface area (Å²) in [5.41, 5.74) is 0.809. The average molecular weight is 452 g/mol. The van der Waals surface area contributed by atoms with Crippen molar-refractivity contribution in [2.45, 2.75) is 32.9 Å². The number of ether oxygens (including phenoxy) is 2. The van der Waals surface area contributed by atoms with Crippen LogP contribution in [0.2, 0.25) is 0 Å². The van der Waals surface area contributed by atoms with E-state index < -0.39 is 17.8 Å². The van der Waals surface area contributed by atoms with E-state index in [4.69, 9.17) is 9.47 Å². The van der Waals surface area contributed by atoms with Gasteiger partial charge in [-0.1, -0.05) is 46.3 Å². The molecule has 0 aliphatic carbocycles. The van der Waals surface area contributed by atoms with Crippen LogP contribution in [0.1, 0.15) is 24.5 Å². The topological polar surface area (TPSA) is 99.5 Å². The van der Waals surface area contributed by atoms with Crippen molar-refractivity contribution in [3.05, 3.63) is 58.1 Å². The highest BCUT2D eigenvalue weighted by Gasteiger charge is 2.14. The van der Waals surface area contributed by atoms with E-state index in [1.54, 1.807) is 6.92 Å². The average Bonchev–Trinajstić information content (AvgIpc) is 2.68. The number of aryl methyl sites for hydroxylation is 1. The SMILES string of the molecule is CCOC(=O)Cn1cc(CCCBr)c(NC(=O)OCc2ccccc2)nc1=O. The first-order valence-corrected chi connectivity index (χ1v) is 9.95. The van der Waals surface area contributed by atoms with Gasteiger partial charge in [0.1, 0.15) is 19.0 Å². The van der Waals surface area contributed by atoms with Gasteiger partial charge in [0.2, 0.25) is 0 Å². The van der Waals surface area contributed by atoms with Gasteiger partial charge < -0.3 is 9.47 Å². The third-order valence-electron chi connectivity index (χ3n) is 3.69. The van der Waals surface area contributed by atoms with E-state index in [-0.39, 0.29) is 25.6 Å². The zero-order valence-electron chi connectivity index (χ0n) is 15.5. The third-order valence-corrected chi connectivity index (χ3v) is 4.25. The minimum Gasteiger partial charge on any atom is -0.465 e. The Balaban J connectivity index is 2.12. The lowest BCUT2D eigenvalue weighted by Gasteiger charge is -2.13. The second-order valence-electron chi connectivity index (χ2n) is 5.81. The summed E-state index contributed by atoms with van der Waals surface area (Å²) in [6.07, 6.45) is 2.11. The number of rotatable bonds is 9. The molecule has 0 saturated carbocycles. The van der Waals surface area contributed by atoms with Crippen molar-refractivity contribution in [1.29, 1.82) is 0 Å². The van der Waals surface area contributed by atoms with Crippen LogP contribution in [0.3, 0.4) is 0 Å². The molecule has 0 spiro atoms. The summed E-state index contributed by atoms with van der Waals surface area (Å²) in [6, 6.07) is 9.24. The predicted molar refractivity (Wildman–Crippen MR) is 107 cm³/mol. The Bertz CT molecular complexity index is 854. The molecule has 150 valence electrons. The standard InChI is InChI=1S/C19H22BrN3O5/c1-2-27-16(24)12-23-11-15(9-6-10-20)17(21-18(23)25)22-19(26)28-13-14-7-4-3-5-8-14/h3-5,7-8,11H,2,6,9-10,12-13H2,1H3,(H,21,22,25,26). The molecule has 1 N–H and O–H groups in total. The summed E-state index contributed by atoms with van der Waals surface area (Å²) in [6.45, 7) is 1.78. The van der Waals surface area contributed by atoms with Crippen molar-refractivity contribution in [2.24, 2.45) is 0 Å². The van der Waals surface area contributed by atoms with Crippen LogP contribution in [0.5, 0.6) is 0 Å². The number of carbonyl (C=O) groups is 2. The van der Waals surface area contributed by atoms with Crippen LogP contribution >= 0.6 is 15.9 Å². The number of carbonyl (C=O) groups excluding carboxylic acids is 2. The highest BCUT2D eigenvalue weighted by molar-refractivity contribution is 9.09. The molecule has 2 aromatic rings. The monoisotopic (exact) mass is 451 g/mol. The fourth-order valence-electron chi connectivity index (χ4n) is 2.40. The number of halogens is 1. The number of alkyl halides is 1. The minimum absolute atomic E-state index is 0.101. The van der Waals surface area contributed by atoms with Gasteiger partial charge in [-0.3, -0.25) is 14.7 Å². The van der Waals surface area contributed by atoms with E-state index >= 15 is 0 Å². The van der Waals surface area contributed by atoms with Gasteiger partial charge in [-0.05, 0) is 25.3 Å². The molecule has 0 saturated heterocycles. The largest absolute Gasteiger partial charge is 0.465 e. The van der Waals surface area contributed by atoms with Crippen molar-refractivity contribution in [3.63, 3.8) is 0 Å². The first kappa shape index (κ1) is 21.6. The predicted octanol–water partition coefficient (Wildman–Crippen LogP) is 2.88. The lowest BCUT2D eigenvalue weighted by Crippen LogP contribution is -2.30. The molecule has 0 radical (unpaired) electrons. The molecule has 1 heterocycles. The van der Waals surface area contributed by atoms with Crippen molar-refractivity contribution in [2.75, 3.05) is 17.3 Å². The summed E-state index contributed by atoms with van der Waals surface area (Å²) < 4.78 is 11.2. The van der Waals surface area contributed by atoms with Crippen LogP contribution in [-0.4, -0.2) is 33.6 Å². The van der Waals surface area contributed by atoms with Gasteiger partial charge in [-0.25, -0.2) is 9.59 Å². The lowest BCUT2D eigenvalue weighted by molar-refractivity contribution is -0.143. The number of benzene rings is 1. The molecule has 0 bridgehead atoms. The van der Waals surface area contributed by atoms with E-state index in [1.807, 2.05) is 30.3 Å². The Morgan fingerprint density at radius 1 is 1.21 bits per heavy atom. The molecule has 1 aromatic heterocycles. The molecule has 1 aromatic carbocycles. The second kappa shape index (κ2) is 11.2. The molecule has 9 heteroatoms. The number of nitrogens with one attached hydrogen (secondary N) is 1. The van der Waals surface area contributed by atoms with Crippen molar-refractivity contribution < 1.29 is 19.1 Å². The van der Waals surface area contributed by atoms with Crippen LogP contribution in [0, 0.1) is 0 Å². The Morgan fingerprint density at radius 3 is 2.64 bits per heavy atom. The number of nitrogens with zero attached hydrogens (tertiary/aromatic N) is 2. The summed E-state index contributed by atoms with van der Waals surface area (Å²) >= 11 is 3.35. The maximum absolute atomic E-state index is 12.2. The maximum Gasteiger partial charge on any atom is 0.413 e. The van der Waals surface area contributed by atoms with Gasteiger partial charge in [0.25, 0.3) is 0 Å². The van der Waals surface area contributed by atoms with E-state index in [1.165, 1.54) is 10.8 Å². The number of esters is 1. The van der Waals surface area contributed by atoms with E-state index in [0.29, 0.717) is 12.0 Å². The van der Waals surface area contributed by atoms with Gasteiger partial charge in [0, 0.05) is 17.1 Å². The van der Waals surface area contributed by atoms with Crippen LogP contribution in [-0.2, 0) is 33.8 Å². The maximum atomic E-state index is 12.2. The van der Waals surface area contributed by atoms with Crippen molar-refractivity contribution in [1.82, 2.24) is 9.55 Å². The van der Waals surface area contributed by atoms with E-state index in [9.17, 15) is 14.4 Å². The Labute approximate surface area is 171 Å². The summed E-state index contributed by atoms with van der Waals surface area (Å²) in [7, 11) is 0. The number of hydrogen-bond donors (Lipinski definition) is 1. The Kier molecular flexibility index (Phi) is 8.67. The van der Waals surface area contributed by atoms with Crippen LogP contribution in [0.4, 0.5) is 10.6 Å². The first-order valence-electron chi connectivity index (χ1n) is 8.83. The number of aromatic nitrogens is 2. The Morgan fingerprint density at radius 2 is 1.96 bits per heavy atom. The molecule has 8 nitrogen and oxygen atoms in total. The normalized spacial score (nSPS) is 10.4. The smallest absolute Gasteiger partial charge is 0.413 e. The van der Waals surface area contributed by atoms with Crippen molar-refractivity contribution in [3.8, 4) is 0 Å². The summed E-state index contributed by atoms with van der Waals surface area (Å²) in [4.78, 5) is 39.9. The van der Waals surface area contributed by atoms with Crippen LogP contribution in [0.15, 0.2) is 41.3 Å². The molecule has 0 aliphatic rings. The summed E-state index contributed by atoms with van der Waals surface area (Å²) in [5, 5.41) is 3.26.